The maximum Gasteiger partial charge on any atom is 0.257 e. The SMILES string of the molecule is Cc1ccc(NC(=O)c2cc(Cl)ccc2Cl)cc1S(=O)(=O)N(C)C. The van der Waals surface area contributed by atoms with Gasteiger partial charge in [-0.1, -0.05) is 29.3 Å². The molecule has 2 aromatic rings. The van der Waals surface area contributed by atoms with Gasteiger partial charge in [-0.05, 0) is 42.8 Å². The minimum atomic E-state index is -3.61. The normalized spacial score (nSPS) is 11.6. The summed E-state index contributed by atoms with van der Waals surface area (Å²) in [5.74, 6) is -0.473. The monoisotopic (exact) mass is 386 g/mol. The molecule has 24 heavy (non-hydrogen) atoms. The van der Waals surface area contributed by atoms with Crippen molar-refractivity contribution in [2.45, 2.75) is 11.8 Å². The molecule has 0 unspecified atom stereocenters. The van der Waals surface area contributed by atoms with Gasteiger partial charge in [0.1, 0.15) is 0 Å². The van der Waals surface area contributed by atoms with Crippen LogP contribution in [0.3, 0.4) is 0 Å². The Labute approximate surface area is 151 Å². The van der Waals surface area contributed by atoms with Crippen molar-refractivity contribution in [2.75, 3.05) is 19.4 Å². The van der Waals surface area contributed by atoms with Crippen LogP contribution in [0.2, 0.25) is 10.0 Å². The van der Waals surface area contributed by atoms with Crippen LogP contribution < -0.4 is 5.32 Å². The summed E-state index contributed by atoms with van der Waals surface area (Å²) in [7, 11) is -0.710. The molecule has 0 fully saturated rings. The smallest absolute Gasteiger partial charge is 0.257 e. The molecule has 1 N–H and O–H groups in total. The Hall–Kier alpha value is -1.60. The molecule has 128 valence electrons. The van der Waals surface area contributed by atoms with Crippen LogP contribution >= 0.6 is 23.2 Å². The highest BCUT2D eigenvalue weighted by Crippen LogP contribution is 2.25. The van der Waals surface area contributed by atoms with Gasteiger partial charge in [0.25, 0.3) is 5.91 Å². The fourth-order valence-electron chi connectivity index (χ4n) is 2.02. The van der Waals surface area contributed by atoms with Crippen molar-refractivity contribution in [1.82, 2.24) is 4.31 Å². The molecule has 0 saturated carbocycles. The molecule has 1 amide bonds. The summed E-state index contributed by atoms with van der Waals surface area (Å²) in [5.41, 5.74) is 1.14. The number of amides is 1. The van der Waals surface area contributed by atoms with Gasteiger partial charge in [-0.3, -0.25) is 4.79 Å². The summed E-state index contributed by atoms with van der Waals surface area (Å²) in [6, 6.07) is 9.22. The van der Waals surface area contributed by atoms with E-state index < -0.39 is 15.9 Å². The second-order valence-corrected chi connectivity index (χ2v) is 8.31. The number of aryl methyl sites for hydroxylation is 1. The van der Waals surface area contributed by atoms with Gasteiger partial charge in [0, 0.05) is 24.8 Å². The zero-order valence-electron chi connectivity index (χ0n) is 13.3. The van der Waals surface area contributed by atoms with E-state index in [1.54, 1.807) is 25.1 Å². The average molecular weight is 387 g/mol. The Balaban J connectivity index is 2.38. The van der Waals surface area contributed by atoms with Crippen LogP contribution in [0.15, 0.2) is 41.3 Å². The lowest BCUT2D eigenvalue weighted by Crippen LogP contribution is -2.23. The fraction of sp³-hybridized carbons (Fsp3) is 0.188. The topological polar surface area (TPSA) is 66.5 Å². The molecule has 2 rings (SSSR count). The number of carbonyl (C=O) groups is 1. The molecule has 0 aliphatic carbocycles. The third kappa shape index (κ3) is 3.89. The molecule has 0 radical (unpaired) electrons. The van der Waals surface area contributed by atoms with Crippen molar-refractivity contribution in [3.63, 3.8) is 0 Å². The summed E-state index contributed by atoms with van der Waals surface area (Å²) in [4.78, 5) is 12.5. The lowest BCUT2D eigenvalue weighted by Gasteiger charge is -2.15. The Kier molecular flexibility index (Phi) is 5.55. The van der Waals surface area contributed by atoms with Gasteiger partial charge in [-0.25, -0.2) is 12.7 Å². The predicted octanol–water partition coefficient (Wildman–Crippen LogP) is 3.80. The first-order valence-electron chi connectivity index (χ1n) is 6.92. The number of halogens is 2. The van der Waals surface area contributed by atoms with Crippen molar-refractivity contribution in [3.05, 3.63) is 57.6 Å². The predicted molar refractivity (Wildman–Crippen MR) is 96.5 cm³/mol. The maximum absolute atomic E-state index is 12.4. The van der Waals surface area contributed by atoms with Crippen LogP contribution in [-0.4, -0.2) is 32.7 Å². The van der Waals surface area contributed by atoms with E-state index in [4.69, 9.17) is 23.2 Å². The Bertz CT molecular complexity index is 896. The van der Waals surface area contributed by atoms with Gasteiger partial charge in [-0.15, -0.1) is 0 Å². The van der Waals surface area contributed by atoms with Gasteiger partial charge >= 0.3 is 0 Å². The summed E-state index contributed by atoms with van der Waals surface area (Å²) in [5, 5.41) is 3.27. The van der Waals surface area contributed by atoms with E-state index in [2.05, 4.69) is 5.32 Å². The van der Waals surface area contributed by atoms with Crippen LogP contribution in [0.25, 0.3) is 0 Å². The molecular weight excluding hydrogens is 371 g/mol. The highest BCUT2D eigenvalue weighted by atomic mass is 35.5. The molecule has 0 saturated heterocycles. The van der Waals surface area contributed by atoms with Crippen LogP contribution in [0.5, 0.6) is 0 Å². The standard InChI is InChI=1S/C16H16Cl2N2O3S/c1-10-4-6-12(9-15(10)24(22,23)20(2)3)19-16(21)13-8-11(17)5-7-14(13)18/h4-9H,1-3H3,(H,19,21). The summed E-state index contributed by atoms with van der Waals surface area (Å²) < 4.78 is 25.8. The minimum Gasteiger partial charge on any atom is -0.322 e. The number of anilines is 1. The van der Waals surface area contributed by atoms with Gasteiger partial charge in [0.2, 0.25) is 10.0 Å². The van der Waals surface area contributed by atoms with E-state index in [9.17, 15) is 13.2 Å². The van der Waals surface area contributed by atoms with E-state index in [0.29, 0.717) is 16.3 Å². The molecule has 0 aromatic heterocycles. The number of hydrogen-bond acceptors (Lipinski definition) is 3. The van der Waals surface area contributed by atoms with Crippen LogP contribution in [0, 0.1) is 6.92 Å². The molecule has 0 bridgehead atoms. The number of benzene rings is 2. The second kappa shape index (κ2) is 7.11. The molecule has 5 nitrogen and oxygen atoms in total. The van der Waals surface area contributed by atoms with Crippen molar-refractivity contribution in [3.8, 4) is 0 Å². The first-order chi connectivity index (χ1) is 11.1. The van der Waals surface area contributed by atoms with Gasteiger partial charge in [0.15, 0.2) is 0 Å². The first-order valence-corrected chi connectivity index (χ1v) is 9.12. The third-order valence-electron chi connectivity index (χ3n) is 3.38. The molecule has 0 aliphatic heterocycles. The number of carbonyl (C=O) groups excluding carboxylic acids is 1. The van der Waals surface area contributed by atoms with Crippen molar-refractivity contribution < 1.29 is 13.2 Å². The van der Waals surface area contributed by atoms with Crippen LogP contribution in [-0.2, 0) is 10.0 Å². The Morgan fingerprint density at radius 1 is 1.08 bits per heavy atom. The summed E-state index contributed by atoms with van der Waals surface area (Å²) in [6.07, 6.45) is 0. The summed E-state index contributed by atoms with van der Waals surface area (Å²) >= 11 is 11.9. The number of rotatable bonds is 4. The largest absolute Gasteiger partial charge is 0.322 e. The first kappa shape index (κ1) is 18.7. The zero-order valence-corrected chi connectivity index (χ0v) is 15.6. The molecule has 0 spiro atoms. The second-order valence-electron chi connectivity index (χ2n) is 5.35. The van der Waals surface area contributed by atoms with E-state index in [1.807, 2.05) is 0 Å². The van der Waals surface area contributed by atoms with E-state index in [1.165, 1.54) is 32.3 Å². The number of nitrogens with one attached hydrogen (secondary N) is 1. The zero-order chi connectivity index (χ0) is 18.1. The molecule has 8 heteroatoms. The maximum atomic E-state index is 12.4. The molecule has 0 atom stereocenters. The highest BCUT2D eigenvalue weighted by molar-refractivity contribution is 7.89. The minimum absolute atomic E-state index is 0.127. The van der Waals surface area contributed by atoms with E-state index >= 15 is 0 Å². The quantitative estimate of drug-likeness (QED) is 0.868. The highest BCUT2D eigenvalue weighted by Gasteiger charge is 2.21. The lowest BCUT2D eigenvalue weighted by molar-refractivity contribution is 0.102. The van der Waals surface area contributed by atoms with Crippen molar-refractivity contribution in [2.24, 2.45) is 0 Å². The summed E-state index contributed by atoms with van der Waals surface area (Å²) in [6.45, 7) is 1.69. The molecule has 0 aliphatic rings. The molecule has 2 aromatic carbocycles. The molecular formula is C16H16Cl2N2O3S. The third-order valence-corrected chi connectivity index (χ3v) is 5.90. The number of sulfonamides is 1. The van der Waals surface area contributed by atoms with Gasteiger partial charge < -0.3 is 5.32 Å². The van der Waals surface area contributed by atoms with E-state index in [-0.39, 0.29) is 15.5 Å². The Morgan fingerprint density at radius 3 is 2.38 bits per heavy atom. The van der Waals surface area contributed by atoms with Crippen LogP contribution in [0.1, 0.15) is 15.9 Å². The molecule has 0 heterocycles. The Morgan fingerprint density at radius 2 is 1.75 bits per heavy atom. The fourth-order valence-corrected chi connectivity index (χ4v) is 3.54. The number of hydrogen-bond donors (Lipinski definition) is 1. The van der Waals surface area contributed by atoms with Crippen molar-refractivity contribution >= 4 is 44.8 Å². The van der Waals surface area contributed by atoms with Gasteiger partial charge in [-0.2, -0.15) is 0 Å². The van der Waals surface area contributed by atoms with Crippen molar-refractivity contribution in [1.29, 1.82) is 0 Å². The van der Waals surface area contributed by atoms with E-state index in [0.717, 1.165) is 4.31 Å². The lowest BCUT2D eigenvalue weighted by atomic mass is 10.2. The number of nitrogens with zero attached hydrogens (tertiary/aromatic N) is 1. The van der Waals surface area contributed by atoms with Crippen LogP contribution in [0.4, 0.5) is 5.69 Å². The van der Waals surface area contributed by atoms with Gasteiger partial charge in [0.05, 0.1) is 15.5 Å². The average Bonchev–Trinajstić information content (AvgIpc) is 2.51.